The number of benzene rings is 2. The number of aryl methyl sites for hydroxylation is 1. The molecular weight excluding hydrogens is 475 g/mol. The van der Waals surface area contributed by atoms with E-state index in [1.165, 1.54) is 6.07 Å². The first-order chi connectivity index (χ1) is 15.1. The molecule has 2 aromatic carbocycles. The summed E-state index contributed by atoms with van der Waals surface area (Å²) in [6, 6.07) is 8.90. The van der Waals surface area contributed by atoms with Gasteiger partial charge in [0, 0.05) is 6.04 Å². The maximum absolute atomic E-state index is 13.1. The predicted molar refractivity (Wildman–Crippen MR) is 122 cm³/mol. The molecule has 172 valence electrons. The van der Waals surface area contributed by atoms with E-state index in [0.717, 1.165) is 24.5 Å². The van der Waals surface area contributed by atoms with Crippen LogP contribution in [0.3, 0.4) is 0 Å². The molecule has 1 amide bonds. The van der Waals surface area contributed by atoms with Crippen LogP contribution in [0.2, 0.25) is 10.0 Å². The van der Waals surface area contributed by atoms with E-state index >= 15 is 0 Å². The first kappa shape index (κ1) is 24.5. The van der Waals surface area contributed by atoms with Crippen LogP contribution in [0.25, 0.3) is 0 Å². The molecule has 0 radical (unpaired) electrons. The molecule has 3 rings (SSSR count). The van der Waals surface area contributed by atoms with Gasteiger partial charge in [-0.3, -0.25) is 9.59 Å². The Morgan fingerprint density at radius 1 is 1.12 bits per heavy atom. The number of carbonyl (C=O) groups excluding carboxylic acids is 2. The van der Waals surface area contributed by atoms with Gasteiger partial charge in [-0.2, -0.15) is 0 Å². The monoisotopic (exact) mass is 498 g/mol. The minimum absolute atomic E-state index is 0.00309. The Kier molecular flexibility index (Phi) is 7.82. The molecule has 10 heteroatoms. The zero-order valence-electron chi connectivity index (χ0n) is 17.7. The molecule has 2 aromatic rings. The van der Waals surface area contributed by atoms with Crippen LogP contribution < -0.4 is 10.0 Å². The zero-order chi connectivity index (χ0) is 23.5. The second-order valence-corrected chi connectivity index (χ2v) is 10.1. The molecule has 2 N–H and O–H groups in total. The van der Waals surface area contributed by atoms with Crippen molar-refractivity contribution < 1.29 is 22.7 Å². The maximum atomic E-state index is 13.1. The Morgan fingerprint density at radius 3 is 2.38 bits per heavy atom. The standard InChI is InChI=1S/C22H24Cl2N2O5S/c1-3-31-21(27)12-19(14-6-4-13(2)5-7-14)25-22(28)16-10-20(18(24)11-17(16)23)32(29,30)26-15-8-9-15/h4-7,10-11,15,19,26H,3,8-9,12H2,1-2H3,(H,25,28)/t19-/m1/s1. The number of esters is 1. The number of nitrogens with one attached hydrogen (secondary N) is 2. The maximum Gasteiger partial charge on any atom is 0.308 e. The number of hydrogen-bond donors (Lipinski definition) is 2. The Hall–Kier alpha value is -2.13. The SMILES string of the molecule is CCOC(=O)C[C@@H](NC(=O)c1cc(S(=O)(=O)NC2CC2)c(Cl)cc1Cl)c1ccc(C)cc1. The molecule has 0 spiro atoms. The van der Waals surface area contributed by atoms with E-state index in [1.54, 1.807) is 19.1 Å². The lowest BCUT2D eigenvalue weighted by Gasteiger charge is -2.20. The van der Waals surface area contributed by atoms with Gasteiger partial charge in [-0.1, -0.05) is 53.0 Å². The van der Waals surface area contributed by atoms with Crippen LogP contribution in [0.1, 0.15) is 53.7 Å². The minimum Gasteiger partial charge on any atom is -0.466 e. The van der Waals surface area contributed by atoms with E-state index < -0.39 is 27.9 Å². The molecule has 0 saturated heterocycles. The van der Waals surface area contributed by atoms with E-state index in [0.29, 0.717) is 5.56 Å². The lowest BCUT2D eigenvalue weighted by atomic mass is 10.0. The summed E-state index contributed by atoms with van der Waals surface area (Å²) in [6.07, 6.45) is 1.41. The van der Waals surface area contributed by atoms with Crippen LogP contribution in [-0.4, -0.2) is 32.9 Å². The molecule has 0 aliphatic heterocycles. The lowest BCUT2D eigenvalue weighted by Crippen LogP contribution is -2.31. The van der Waals surface area contributed by atoms with Gasteiger partial charge >= 0.3 is 5.97 Å². The van der Waals surface area contributed by atoms with Gasteiger partial charge in [0.2, 0.25) is 10.0 Å². The third-order valence-electron chi connectivity index (χ3n) is 4.92. The highest BCUT2D eigenvalue weighted by Crippen LogP contribution is 2.31. The first-order valence-electron chi connectivity index (χ1n) is 10.1. The van der Waals surface area contributed by atoms with Crippen LogP contribution in [0.5, 0.6) is 0 Å². The minimum atomic E-state index is -3.91. The molecule has 32 heavy (non-hydrogen) atoms. The van der Waals surface area contributed by atoms with Crippen molar-refractivity contribution in [3.8, 4) is 0 Å². The number of amides is 1. The average molecular weight is 499 g/mol. The molecule has 1 aliphatic rings. The molecule has 0 unspecified atom stereocenters. The van der Waals surface area contributed by atoms with E-state index in [4.69, 9.17) is 27.9 Å². The van der Waals surface area contributed by atoms with Gasteiger partial charge in [-0.25, -0.2) is 13.1 Å². The Morgan fingerprint density at radius 2 is 1.78 bits per heavy atom. The highest BCUT2D eigenvalue weighted by Gasteiger charge is 2.31. The lowest BCUT2D eigenvalue weighted by molar-refractivity contribution is -0.143. The number of halogens is 2. The highest BCUT2D eigenvalue weighted by molar-refractivity contribution is 7.89. The second kappa shape index (κ2) is 10.2. The smallest absolute Gasteiger partial charge is 0.308 e. The summed E-state index contributed by atoms with van der Waals surface area (Å²) in [5.74, 6) is -1.11. The van der Waals surface area contributed by atoms with E-state index in [1.807, 2.05) is 19.1 Å². The normalized spacial score (nSPS) is 14.6. The fourth-order valence-corrected chi connectivity index (χ4v) is 5.23. The van der Waals surface area contributed by atoms with Crippen LogP contribution in [0.15, 0.2) is 41.3 Å². The van der Waals surface area contributed by atoms with Crippen molar-refractivity contribution in [2.24, 2.45) is 0 Å². The Labute approximate surface area is 197 Å². The predicted octanol–water partition coefficient (Wildman–Crippen LogP) is 4.17. The fraction of sp³-hybridized carbons (Fsp3) is 0.364. The largest absolute Gasteiger partial charge is 0.466 e. The quantitative estimate of drug-likeness (QED) is 0.505. The van der Waals surface area contributed by atoms with Crippen LogP contribution in [0, 0.1) is 6.92 Å². The molecular formula is C22H24Cl2N2O5S. The summed E-state index contributed by atoms with van der Waals surface area (Å²) < 4.78 is 32.9. The topological polar surface area (TPSA) is 102 Å². The van der Waals surface area contributed by atoms with Gasteiger partial charge in [0.25, 0.3) is 5.91 Å². The van der Waals surface area contributed by atoms with Gasteiger partial charge in [-0.05, 0) is 44.4 Å². The van der Waals surface area contributed by atoms with Crippen molar-refractivity contribution >= 4 is 45.1 Å². The number of rotatable bonds is 9. The second-order valence-electron chi connectivity index (χ2n) is 7.60. The summed E-state index contributed by atoms with van der Waals surface area (Å²) in [5, 5.41) is 2.68. The van der Waals surface area contributed by atoms with E-state index in [9.17, 15) is 18.0 Å². The van der Waals surface area contributed by atoms with Crippen molar-refractivity contribution in [1.82, 2.24) is 10.0 Å². The average Bonchev–Trinajstić information content (AvgIpc) is 3.51. The molecule has 1 aliphatic carbocycles. The van der Waals surface area contributed by atoms with Gasteiger partial charge in [0.1, 0.15) is 4.90 Å². The Bertz CT molecular complexity index is 1120. The molecule has 0 heterocycles. The van der Waals surface area contributed by atoms with E-state index in [2.05, 4.69) is 10.0 Å². The van der Waals surface area contributed by atoms with Gasteiger partial charge in [0.15, 0.2) is 0 Å². The number of hydrogen-bond acceptors (Lipinski definition) is 5. The third-order valence-corrected chi connectivity index (χ3v) is 7.21. The van der Waals surface area contributed by atoms with Gasteiger partial charge in [0.05, 0.1) is 34.7 Å². The Balaban J connectivity index is 1.90. The molecule has 1 fully saturated rings. The summed E-state index contributed by atoms with van der Waals surface area (Å²) in [5.41, 5.74) is 1.66. The van der Waals surface area contributed by atoms with Crippen LogP contribution in [-0.2, 0) is 19.6 Å². The van der Waals surface area contributed by atoms with Gasteiger partial charge in [-0.15, -0.1) is 0 Å². The summed E-state index contributed by atoms with van der Waals surface area (Å²) in [6.45, 7) is 3.84. The molecule has 1 saturated carbocycles. The summed E-state index contributed by atoms with van der Waals surface area (Å²) >= 11 is 12.3. The zero-order valence-corrected chi connectivity index (χ0v) is 20.0. The fourth-order valence-electron chi connectivity index (χ4n) is 3.07. The van der Waals surface area contributed by atoms with Crippen LogP contribution >= 0.6 is 23.2 Å². The highest BCUT2D eigenvalue weighted by atomic mass is 35.5. The number of ether oxygens (including phenoxy) is 1. The number of carbonyl (C=O) groups is 2. The summed E-state index contributed by atoms with van der Waals surface area (Å²) in [7, 11) is -3.91. The third kappa shape index (κ3) is 6.22. The van der Waals surface area contributed by atoms with Crippen molar-refractivity contribution in [3.05, 3.63) is 63.1 Å². The molecule has 7 nitrogen and oxygen atoms in total. The van der Waals surface area contributed by atoms with Crippen molar-refractivity contribution in [2.45, 2.75) is 50.1 Å². The van der Waals surface area contributed by atoms with Gasteiger partial charge < -0.3 is 10.1 Å². The van der Waals surface area contributed by atoms with Crippen LogP contribution in [0.4, 0.5) is 0 Å². The first-order valence-corrected chi connectivity index (χ1v) is 12.4. The van der Waals surface area contributed by atoms with Crippen molar-refractivity contribution in [3.63, 3.8) is 0 Å². The van der Waals surface area contributed by atoms with E-state index in [-0.39, 0.29) is 39.6 Å². The molecule has 1 atom stereocenters. The number of sulfonamides is 1. The molecule has 0 bridgehead atoms. The van der Waals surface area contributed by atoms with Crippen molar-refractivity contribution in [2.75, 3.05) is 6.61 Å². The molecule has 0 aromatic heterocycles. The summed E-state index contributed by atoms with van der Waals surface area (Å²) in [4.78, 5) is 25.0. The van der Waals surface area contributed by atoms with Crippen molar-refractivity contribution in [1.29, 1.82) is 0 Å².